The van der Waals surface area contributed by atoms with Crippen molar-refractivity contribution in [2.75, 3.05) is 6.54 Å². The number of hydrogen-bond acceptors (Lipinski definition) is 5. The normalized spacial score (nSPS) is 11.5. The van der Waals surface area contributed by atoms with Crippen molar-refractivity contribution in [1.29, 1.82) is 0 Å². The third-order valence-corrected chi connectivity index (χ3v) is 4.48. The molecule has 0 aliphatic heterocycles. The highest BCUT2D eigenvalue weighted by Gasteiger charge is 2.16. The average molecular weight is 331 g/mol. The fourth-order valence-electron chi connectivity index (χ4n) is 1.54. The molecule has 1 heterocycles. The molecule has 0 atom stereocenters. The lowest BCUT2D eigenvalue weighted by Crippen LogP contribution is -2.27. The Labute approximate surface area is 125 Å². The molecule has 0 saturated carbocycles. The summed E-state index contributed by atoms with van der Waals surface area (Å²) in [5.41, 5.74) is -0.205. The highest BCUT2D eigenvalue weighted by Crippen LogP contribution is 2.19. The summed E-state index contributed by atoms with van der Waals surface area (Å²) >= 11 is 5.83. The van der Waals surface area contributed by atoms with Gasteiger partial charge in [-0.2, -0.15) is 0 Å². The lowest BCUT2D eigenvalue weighted by atomic mass is 10.4. The second kappa shape index (κ2) is 6.20. The Morgan fingerprint density at radius 1 is 1.38 bits per heavy atom. The minimum atomic E-state index is -3.73. The maximum Gasteiger partial charge on any atom is 0.358 e. The number of rotatable bonds is 6. The Morgan fingerprint density at radius 2 is 2.10 bits per heavy atom. The van der Waals surface area contributed by atoms with Crippen LogP contribution in [0, 0.1) is 0 Å². The number of aromatic nitrogens is 3. The molecule has 0 unspecified atom stereocenters. The fraction of sp³-hybridized carbons (Fsp3) is 0.182. The summed E-state index contributed by atoms with van der Waals surface area (Å²) < 4.78 is 27.6. The first-order chi connectivity index (χ1) is 9.90. The quantitative estimate of drug-likeness (QED) is 0.802. The zero-order chi connectivity index (χ0) is 15.5. The molecule has 1 aromatic carbocycles. The van der Waals surface area contributed by atoms with Gasteiger partial charge in [0.2, 0.25) is 10.0 Å². The van der Waals surface area contributed by atoms with E-state index in [9.17, 15) is 13.2 Å². The second-order valence-corrected chi connectivity index (χ2v) is 6.14. The van der Waals surface area contributed by atoms with E-state index in [1.165, 1.54) is 23.0 Å². The Kier molecular flexibility index (Phi) is 4.56. The largest absolute Gasteiger partial charge is 0.476 e. The zero-order valence-electron chi connectivity index (χ0n) is 10.6. The third-order valence-electron chi connectivity index (χ3n) is 2.52. The molecular formula is C11H11ClN4O4S. The van der Waals surface area contributed by atoms with E-state index in [2.05, 4.69) is 15.0 Å². The van der Waals surface area contributed by atoms with Crippen LogP contribution in [0.3, 0.4) is 0 Å². The summed E-state index contributed by atoms with van der Waals surface area (Å²) in [5, 5.41) is 15.8. The van der Waals surface area contributed by atoms with Crippen molar-refractivity contribution in [2.45, 2.75) is 11.4 Å². The van der Waals surface area contributed by atoms with Gasteiger partial charge in [-0.3, -0.25) is 4.68 Å². The van der Waals surface area contributed by atoms with Crippen molar-refractivity contribution in [3.05, 3.63) is 41.2 Å². The van der Waals surface area contributed by atoms with E-state index in [0.717, 1.165) is 0 Å². The standard InChI is InChI=1S/C11H11ClN4O4S/c12-8-3-1-2-4-10(8)21(19,20)13-5-6-16-7-9(11(17)18)14-15-16/h1-4,7,13H,5-6H2,(H,17,18). The average Bonchev–Trinajstić information content (AvgIpc) is 2.88. The van der Waals surface area contributed by atoms with Crippen LogP contribution in [0.15, 0.2) is 35.4 Å². The van der Waals surface area contributed by atoms with Crippen LogP contribution in [-0.2, 0) is 16.6 Å². The number of aromatic carboxylic acids is 1. The fourth-order valence-corrected chi connectivity index (χ4v) is 3.08. The number of carbonyl (C=O) groups is 1. The summed E-state index contributed by atoms with van der Waals surface area (Å²) in [4.78, 5) is 10.6. The molecule has 8 nitrogen and oxygen atoms in total. The minimum Gasteiger partial charge on any atom is -0.476 e. The van der Waals surface area contributed by atoms with E-state index >= 15 is 0 Å². The number of carboxylic acids is 1. The molecule has 10 heteroatoms. The molecule has 0 amide bonds. The summed E-state index contributed by atoms with van der Waals surface area (Å²) in [6.45, 7) is 0.167. The summed E-state index contributed by atoms with van der Waals surface area (Å²) in [7, 11) is -3.73. The van der Waals surface area contributed by atoms with Gasteiger partial charge in [-0.1, -0.05) is 28.9 Å². The lowest BCUT2D eigenvalue weighted by Gasteiger charge is -2.07. The van der Waals surface area contributed by atoms with E-state index in [-0.39, 0.29) is 28.7 Å². The van der Waals surface area contributed by atoms with E-state index < -0.39 is 16.0 Å². The number of carboxylic acid groups (broad SMARTS) is 1. The van der Waals surface area contributed by atoms with Crippen LogP contribution in [0.25, 0.3) is 0 Å². The molecule has 0 saturated heterocycles. The summed E-state index contributed by atoms with van der Waals surface area (Å²) in [6.07, 6.45) is 1.21. The number of halogens is 1. The van der Waals surface area contributed by atoms with Gasteiger partial charge in [0.15, 0.2) is 5.69 Å². The van der Waals surface area contributed by atoms with Crippen LogP contribution in [0.5, 0.6) is 0 Å². The number of sulfonamides is 1. The molecular weight excluding hydrogens is 320 g/mol. The molecule has 21 heavy (non-hydrogen) atoms. The molecule has 0 fully saturated rings. The molecule has 0 aliphatic carbocycles. The number of benzene rings is 1. The molecule has 2 rings (SSSR count). The van der Waals surface area contributed by atoms with E-state index in [1.54, 1.807) is 12.1 Å². The van der Waals surface area contributed by atoms with E-state index in [4.69, 9.17) is 16.7 Å². The number of nitrogens with zero attached hydrogens (tertiary/aromatic N) is 3. The topological polar surface area (TPSA) is 114 Å². The van der Waals surface area contributed by atoms with Crippen molar-refractivity contribution >= 4 is 27.6 Å². The van der Waals surface area contributed by atoms with Gasteiger partial charge in [-0.05, 0) is 12.1 Å². The Hall–Kier alpha value is -1.97. The highest BCUT2D eigenvalue weighted by atomic mass is 35.5. The molecule has 0 spiro atoms. The maximum absolute atomic E-state index is 12.0. The molecule has 0 aliphatic rings. The smallest absolute Gasteiger partial charge is 0.358 e. The van der Waals surface area contributed by atoms with E-state index in [1.807, 2.05) is 0 Å². The van der Waals surface area contributed by atoms with Gasteiger partial charge in [0.25, 0.3) is 0 Å². The third kappa shape index (κ3) is 3.78. The summed E-state index contributed by atoms with van der Waals surface area (Å²) in [5.74, 6) is -1.20. The van der Waals surface area contributed by atoms with Crippen molar-refractivity contribution in [3.8, 4) is 0 Å². The predicted octanol–water partition coefficient (Wildman–Crippen LogP) is 0.608. The number of hydrogen-bond donors (Lipinski definition) is 2. The van der Waals surface area contributed by atoms with Gasteiger partial charge < -0.3 is 5.11 Å². The molecule has 112 valence electrons. The van der Waals surface area contributed by atoms with Gasteiger partial charge in [0.05, 0.1) is 17.8 Å². The van der Waals surface area contributed by atoms with Crippen LogP contribution in [0.1, 0.15) is 10.5 Å². The van der Waals surface area contributed by atoms with Gasteiger partial charge in [-0.15, -0.1) is 5.10 Å². The van der Waals surface area contributed by atoms with Crippen molar-refractivity contribution in [3.63, 3.8) is 0 Å². The van der Waals surface area contributed by atoms with Crippen LogP contribution in [0.2, 0.25) is 5.02 Å². The van der Waals surface area contributed by atoms with Crippen LogP contribution >= 0.6 is 11.6 Å². The molecule has 2 N–H and O–H groups in total. The second-order valence-electron chi connectivity index (χ2n) is 4.00. The van der Waals surface area contributed by atoms with Crippen LogP contribution in [0.4, 0.5) is 0 Å². The predicted molar refractivity (Wildman–Crippen MR) is 73.6 cm³/mol. The number of nitrogens with one attached hydrogen (secondary N) is 1. The van der Waals surface area contributed by atoms with Crippen LogP contribution in [-0.4, -0.2) is 41.0 Å². The van der Waals surface area contributed by atoms with Gasteiger partial charge in [0, 0.05) is 6.54 Å². The SMILES string of the molecule is O=C(O)c1cn(CCNS(=O)(=O)c2ccccc2Cl)nn1. The van der Waals surface area contributed by atoms with E-state index in [0.29, 0.717) is 0 Å². The van der Waals surface area contributed by atoms with Crippen LogP contribution < -0.4 is 4.72 Å². The molecule has 2 aromatic rings. The highest BCUT2D eigenvalue weighted by molar-refractivity contribution is 7.89. The summed E-state index contributed by atoms with van der Waals surface area (Å²) in [6, 6.07) is 6.07. The van der Waals surface area contributed by atoms with Crippen molar-refractivity contribution < 1.29 is 18.3 Å². The van der Waals surface area contributed by atoms with Gasteiger partial charge in [0.1, 0.15) is 4.90 Å². The molecule has 0 bridgehead atoms. The Morgan fingerprint density at radius 3 is 2.71 bits per heavy atom. The van der Waals surface area contributed by atoms with Crippen molar-refractivity contribution in [2.24, 2.45) is 0 Å². The monoisotopic (exact) mass is 330 g/mol. The molecule has 1 aromatic heterocycles. The first kappa shape index (κ1) is 15.4. The van der Waals surface area contributed by atoms with Gasteiger partial charge in [-0.25, -0.2) is 17.9 Å². The minimum absolute atomic E-state index is 0.0171. The van der Waals surface area contributed by atoms with Gasteiger partial charge >= 0.3 is 5.97 Å². The van der Waals surface area contributed by atoms with Crippen molar-refractivity contribution in [1.82, 2.24) is 19.7 Å². The Bertz CT molecular complexity index is 759. The zero-order valence-corrected chi connectivity index (χ0v) is 12.2. The first-order valence-electron chi connectivity index (χ1n) is 5.78. The lowest BCUT2D eigenvalue weighted by molar-refractivity contribution is 0.0690. The molecule has 0 radical (unpaired) electrons. The Balaban J connectivity index is 1.99. The first-order valence-corrected chi connectivity index (χ1v) is 7.64. The maximum atomic E-state index is 12.0.